The molecule has 1 atom stereocenters. The van der Waals surface area contributed by atoms with Gasteiger partial charge in [-0.3, -0.25) is 9.59 Å². The van der Waals surface area contributed by atoms with Crippen LogP contribution in [0.5, 0.6) is 0 Å². The molecule has 6 nitrogen and oxygen atoms in total. The first-order chi connectivity index (χ1) is 11.0. The van der Waals surface area contributed by atoms with Gasteiger partial charge in [0.25, 0.3) is 5.91 Å². The van der Waals surface area contributed by atoms with Gasteiger partial charge in [-0.15, -0.1) is 0 Å². The Morgan fingerprint density at radius 3 is 2.91 bits per heavy atom. The zero-order valence-corrected chi connectivity index (χ0v) is 13.1. The largest absolute Gasteiger partial charge is 0.344 e. The number of nitrogens with zero attached hydrogens (tertiary/aromatic N) is 2. The third kappa shape index (κ3) is 3.36. The molecule has 2 amide bonds. The molecule has 1 unspecified atom stereocenters. The number of fused-ring (bicyclic) bond motifs is 1. The lowest BCUT2D eigenvalue weighted by atomic mass is 9.98. The Morgan fingerprint density at radius 1 is 1.30 bits per heavy atom. The first-order valence-electron chi connectivity index (χ1n) is 7.56. The summed E-state index contributed by atoms with van der Waals surface area (Å²) in [5.41, 5.74) is 3.31. The molecule has 2 heterocycles. The van der Waals surface area contributed by atoms with Crippen molar-refractivity contribution in [1.82, 2.24) is 15.3 Å². The van der Waals surface area contributed by atoms with Crippen molar-refractivity contribution < 1.29 is 9.59 Å². The monoisotopic (exact) mass is 310 g/mol. The van der Waals surface area contributed by atoms with Crippen molar-refractivity contribution in [1.29, 1.82) is 0 Å². The maximum absolute atomic E-state index is 12.3. The number of benzene rings is 1. The Hall–Kier alpha value is -2.76. The van der Waals surface area contributed by atoms with Gasteiger partial charge in [0.05, 0.1) is 6.04 Å². The second-order valence-electron chi connectivity index (χ2n) is 5.65. The number of hydrogen-bond donors (Lipinski definition) is 2. The number of amides is 2. The molecule has 118 valence electrons. The summed E-state index contributed by atoms with van der Waals surface area (Å²) < 4.78 is 0. The smallest absolute Gasteiger partial charge is 0.270 e. The third-order valence-electron chi connectivity index (χ3n) is 3.88. The minimum Gasteiger partial charge on any atom is -0.344 e. The van der Waals surface area contributed by atoms with Gasteiger partial charge >= 0.3 is 0 Å². The van der Waals surface area contributed by atoms with E-state index in [0.29, 0.717) is 17.9 Å². The molecular formula is C17H18N4O2. The molecule has 3 rings (SSSR count). The molecule has 1 aliphatic rings. The van der Waals surface area contributed by atoms with Crippen molar-refractivity contribution in [3.05, 3.63) is 53.1 Å². The molecule has 0 radical (unpaired) electrons. The summed E-state index contributed by atoms with van der Waals surface area (Å²) in [7, 11) is 0. The molecule has 1 aromatic carbocycles. The minimum absolute atomic E-state index is 0.0470. The van der Waals surface area contributed by atoms with Gasteiger partial charge in [-0.25, -0.2) is 9.97 Å². The first kappa shape index (κ1) is 15.1. The number of aromatic nitrogens is 2. The molecule has 6 heteroatoms. The van der Waals surface area contributed by atoms with E-state index in [-0.39, 0.29) is 17.9 Å². The molecule has 0 bridgehead atoms. The van der Waals surface area contributed by atoms with E-state index in [0.717, 1.165) is 23.2 Å². The number of aryl methyl sites for hydroxylation is 2. The molecule has 2 aromatic rings. The summed E-state index contributed by atoms with van der Waals surface area (Å²) >= 11 is 0. The Labute approximate surface area is 134 Å². The van der Waals surface area contributed by atoms with Crippen LogP contribution < -0.4 is 10.6 Å². The zero-order valence-electron chi connectivity index (χ0n) is 13.1. The highest BCUT2D eigenvalue weighted by Crippen LogP contribution is 2.26. The molecular weight excluding hydrogens is 292 g/mol. The van der Waals surface area contributed by atoms with Crippen LogP contribution in [0, 0.1) is 6.92 Å². The van der Waals surface area contributed by atoms with Gasteiger partial charge in [-0.05, 0) is 43.5 Å². The lowest BCUT2D eigenvalue weighted by molar-refractivity contribution is -0.116. The summed E-state index contributed by atoms with van der Waals surface area (Å²) in [5, 5.41) is 5.79. The van der Waals surface area contributed by atoms with Gasteiger partial charge in [-0.2, -0.15) is 0 Å². The van der Waals surface area contributed by atoms with Crippen molar-refractivity contribution in [3.8, 4) is 0 Å². The molecule has 1 aromatic heterocycles. The van der Waals surface area contributed by atoms with Crippen LogP contribution in [-0.2, 0) is 11.2 Å². The van der Waals surface area contributed by atoms with E-state index in [1.165, 1.54) is 0 Å². The van der Waals surface area contributed by atoms with E-state index >= 15 is 0 Å². The minimum atomic E-state index is -0.228. The fourth-order valence-corrected chi connectivity index (χ4v) is 2.61. The lowest BCUT2D eigenvalue weighted by Crippen LogP contribution is -2.28. The highest BCUT2D eigenvalue weighted by Gasteiger charge is 2.18. The number of anilines is 1. The summed E-state index contributed by atoms with van der Waals surface area (Å²) in [6.07, 6.45) is 2.79. The molecule has 1 aliphatic heterocycles. The van der Waals surface area contributed by atoms with Crippen LogP contribution >= 0.6 is 0 Å². The van der Waals surface area contributed by atoms with Crippen molar-refractivity contribution in [2.45, 2.75) is 32.7 Å². The second-order valence-corrected chi connectivity index (χ2v) is 5.65. The SMILES string of the molecule is Cc1nccc(C(=O)NC(C)c2ccc3c(c2)CCC(=O)N3)n1. The topological polar surface area (TPSA) is 84.0 Å². The van der Waals surface area contributed by atoms with Crippen LogP contribution in [0.15, 0.2) is 30.5 Å². The van der Waals surface area contributed by atoms with Crippen molar-refractivity contribution in [3.63, 3.8) is 0 Å². The fraction of sp³-hybridized carbons (Fsp3) is 0.294. The van der Waals surface area contributed by atoms with Gasteiger partial charge in [0, 0.05) is 18.3 Å². The van der Waals surface area contributed by atoms with Crippen LogP contribution in [0.2, 0.25) is 0 Å². The number of nitrogens with one attached hydrogen (secondary N) is 2. The van der Waals surface area contributed by atoms with Crippen molar-refractivity contribution >= 4 is 17.5 Å². The zero-order chi connectivity index (χ0) is 16.4. The number of hydrogen-bond acceptors (Lipinski definition) is 4. The molecule has 23 heavy (non-hydrogen) atoms. The lowest BCUT2D eigenvalue weighted by Gasteiger charge is -2.20. The molecule has 0 aliphatic carbocycles. The van der Waals surface area contributed by atoms with Crippen molar-refractivity contribution in [2.75, 3.05) is 5.32 Å². The predicted octanol–water partition coefficient (Wildman–Crippen LogP) is 2.16. The summed E-state index contributed by atoms with van der Waals surface area (Å²) in [6, 6.07) is 7.28. The summed E-state index contributed by atoms with van der Waals surface area (Å²) in [6.45, 7) is 3.67. The van der Waals surface area contributed by atoms with E-state index in [1.807, 2.05) is 25.1 Å². The van der Waals surface area contributed by atoms with E-state index in [1.54, 1.807) is 19.2 Å². The summed E-state index contributed by atoms with van der Waals surface area (Å²) in [5.74, 6) is 0.384. The molecule has 2 N–H and O–H groups in total. The van der Waals surface area contributed by atoms with E-state index in [9.17, 15) is 9.59 Å². The maximum atomic E-state index is 12.3. The quantitative estimate of drug-likeness (QED) is 0.910. The highest BCUT2D eigenvalue weighted by atomic mass is 16.2. The Balaban J connectivity index is 1.74. The first-order valence-corrected chi connectivity index (χ1v) is 7.56. The van der Waals surface area contributed by atoms with E-state index in [4.69, 9.17) is 0 Å². The molecule has 0 saturated carbocycles. The molecule has 0 fully saturated rings. The average Bonchev–Trinajstić information content (AvgIpc) is 2.54. The average molecular weight is 310 g/mol. The summed E-state index contributed by atoms with van der Waals surface area (Å²) in [4.78, 5) is 31.8. The Kier molecular flexibility index (Phi) is 4.06. The molecule has 0 saturated heterocycles. The fourth-order valence-electron chi connectivity index (χ4n) is 2.61. The van der Waals surface area contributed by atoms with E-state index < -0.39 is 0 Å². The number of carbonyl (C=O) groups is 2. The van der Waals surface area contributed by atoms with Crippen LogP contribution in [0.25, 0.3) is 0 Å². The Morgan fingerprint density at radius 2 is 2.13 bits per heavy atom. The number of carbonyl (C=O) groups excluding carboxylic acids is 2. The normalized spacial score (nSPS) is 14.6. The van der Waals surface area contributed by atoms with Crippen LogP contribution in [0.4, 0.5) is 5.69 Å². The van der Waals surface area contributed by atoms with E-state index in [2.05, 4.69) is 20.6 Å². The van der Waals surface area contributed by atoms with Gasteiger partial charge in [0.15, 0.2) is 0 Å². The Bertz CT molecular complexity index is 773. The predicted molar refractivity (Wildman–Crippen MR) is 86.0 cm³/mol. The van der Waals surface area contributed by atoms with Gasteiger partial charge in [0.1, 0.15) is 11.5 Å². The highest BCUT2D eigenvalue weighted by molar-refractivity contribution is 5.94. The van der Waals surface area contributed by atoms with Gasteiger partial charge in [0.2, 0.25) is 5.91 Å². The maximum Gasteiger partial charge on any atom is 0.270 e. The van der Waals surface area contributed by atoms with Crippen LogP contribution in [0.3, 0.4) is 0 Å². The van der Waals surface area contributed by atoms with Gasteiger partial charge in [-0.1, -0.05) is 12.1 Å². The third-order valence-corrected chi connectivity index (χ3v) is 3.88. The molecule has 0 spiro atoms. The van der Waals surface area contributed by atoms with Crippen LogP contribution in [-0.4, -0.2) is 21.8 Å². The second kappa shape index (κ2) is 6.16. The van der Waals surface area contributed by atoms with Crippen LogP contribution in [0.1, 0.15) is 46.8 Å². The number of rotatable bonds is 3. The van der Waals surface area contributed by atoms with Gasteiger partial charge < -0.3 is 10.6 Å². The standard InChI is InChI=1S/C17H18N4O2/c1-10(19-17(23)15-7-8-18-11(2)20-15)12-3-5-14-13(9-12)4-6-16(22)21-14/h3,5,7-10H,4,6H2,1-2H3,(H,19,23)(H,21,22). The van der Waals surface area contributed by atoms with Crippen molar-refractivity contribution in [2.24, 2.45) is 0 Å².